The minimum atomic E-state index is -3.77. The van der Waals surface area contributed by atoms with Crippen LogP contribution in [0.25, 0.3) is 0 Å². The van der Waals surface area contributed by atoms with Crippen LogP contribution in [0.5, 0.6) is 5.75 Å². The number of hydrogen-bond donors (Lipinski definition) is 0. The molecule has 0 aliphatic rings. The monoisotopic (exact) mass is 343 g/mol. The van der Waals surface area contributed by atoms with E-state index >= 15 is 0 Å². The van der Waals surface area contributed by atoms with Crippen molar-refractivity contribution in [1.82, 2.24) is 0 Å². The minimum absolute atomic E-state index is 0.119. The molecule has 0 aliphatic carbocycles. The second kappa shape index (κ2) is 6.14. The van der Waals surface area contributed by atoms with E-state index < -0.39 is 15.8 Å². The molecular weight excluding hydrogens is 329 g/mol. The zero-order valence-electron chi connectivity index (χ0n) is 12.3. The van der Waals surface area contributed by atoms with E-state index in [1.807, 2.05) is 0 Å². The number of benzene rings is 2. The second-order valence-corrected chi connectivity index (χ2v) is 7.08. The van der Waals surface area contributed by atoms with E-state index in [4.69, 9.17) is 16.3 Å². The molecule has 0 fully saturated rings. The lowest BCUT2D eigenvalue weighted by molar-refractivity contribution is 0.411. The molecular formula is C15H15ClFNO3S. The number of ether oxygens (including phenoxy) is 1. The van der Waals surface area contributed by atoms with Gasteiger partial charge in [0.15, 0.2) is 0 Å². The van der Waals surface area contributed by atoms with Gasteiger partial charge in [-0.3, -0.25) is 4.31 Å². The summed E-state index contributed by atoms with van der Waals surface area (Å²) >= 11 is 5.71. The first-order valence-corrected chi connectivity index (χ1v) is 8.18. The van der Waals surface area contributed by atoms with E-state index in [1.165, 1.54) is 38.4 Å². The molecule has 0 bridgehead atoms. The molecule has 0 saturated carbocycles. The third kappa shape index (κ3) is 3.03. The molecule has 0 unspecified atom stereocenters. The van der Waals surface area contributed by atoms with Crippen molar-refractivity contribution in [3.63, 3.8) is 0 Å². The summed E-state index contributed by atoms with van der Waals surface area (Å²) in [7, 11) is -0.868. The fraction of sp³-hybridized carbons (Fsp3) is 0.200. The molecule has 2 aromatic carbocycles. The molecule has 0 atom stereocenters. The number of aryl methyl sites for hydroxylation is 1. The topological polar surface area (TPSA) is 46.6 Å². The number of anilines is 1. The molecule has 0 amide bonds. The van der Waals surface area contributed by atoms with E-state index in [0.29, 0.717) is 11.3 Å². The smallest absolute Gasteiger partial charge is 0.264 e. The molecule has 2 rings (SSSR count). The number of hydrogen-bond acceptors (Lipinski definition) is 3. The number of nitrogens with zero attached hydrogens (tertiary/aromatic N) is 1. The predicted molar refractivity (Wildman–Crippen MR) is 84.7 cm³/mol. The largest absolute Gasteiger partial charge is 0.496 e. The van der Waals surface area contributed by atoms with Crippen LogP contribution in [0.3, 0.4) is 0 Å². The highest BCUT2D eigenvalue weighted by atomic mass is 35.5. The lowest BCUT2D eigenvalue weighted by atomic mass is 10.2. The van der Waals surface area contributed by atoms with Gasteiger partial charge in [-0.05, 0) is 48.9 Å². The van der Waals surface area contributed by atoms with Crippen molar-refractivity contribution in [2.45, 2.75) is 11.8 Å². The summed E-state index contributed by atoms with van der Waals surface area (Å²) in [6.07, 6.45) is 0. The van der Waals surface area contributed by atoms with Crippen molar-refractivity contribution in [2.75, 3.05) is 18.5 Å². The summed E-state index contributed by atoms with van der Waals surface area (Å²) in [5.74, 6) is 0.00272. The number of methoxy groups -OCH3 is 1. The van der Waals surface area contributed by atoms with Crippen LogP contribution in [0.15, 0.2) is 41.3 Å². The van der Waals surface area contributed by atoms with E-state index in [1.54, 1.807) is 13.0 Å². The van der Waals surface area contributed by atoms with Gasteiger partial charge in [-0.2, -0.15) is 0 Å². The van der Waals surface area contributed by atoms with Gasteiger partial charge in [0.25, 0.3) is 10.0 Å². The normalized spacial score (nSPS) is 11.3. The number of rotatable bonds is 4. The van der Waals surface area contributed by atoms with Gasteiger partial charge in [-0.1, -0.05) is 11.6 Å². The van der Waals surface area contributed by atoms with Crippen LogP contribution >= 0.6 is 11.6 Å². The summed E-state index contributed by atoms with van der Waals surface area (Å²) in [4.78, 5) is 0.119. The first-order chi connectivity index (χ1) is 10.3. The van der Waals surface area contributed by atoms with Crippen molar-refractivity contribution in [3.8, 4) is 5.75 Å². The maximum absolute atomic E-state index is 13.2. The molecule has 0 aliphatic heterocycles. The van der Waals surface area contributed by atoms with Crippen LogP contribution in [0.1, 0.15) is 5.56 Å². The summed E-state index contributed by atoms with van der Waals surface area (Å²) in [6, 6.07) is 8.33. The molecule has 0 aromatic heterocycles. The highest BCUT2D eigenvalue weighted by Crippen LogP contribution is 2.28. The van der Waals surface area contributed by atoms with Crippen LogP contribution in [0, 0.1) is 12.7 Å². The van der Waals surface area contributed by atoms with Crippen molar-refractivity contribution in [2.24, 2.45) is 0 Å². The zero-order chi connectivity index (χ0) is 16.5. The van der Waals surface area contributed by atoms with E-state index in [-0.39, 0.29) is 15.6 Å². The quantitative estimate of drug-likeness (QED) is 0.851. The van der Waals surface area contributed by atoms with Crippen LogP contribution in [-0.2, 0) is 10.0 Å². The fourth-order valence-corrected chi connectivity index (χ4v) is 3.44. The fourth-order valence-electron chi connectivity index (χ4n) is 1.99. The van der Waals surface area contributed by atoms with Crippen molar-refractivity contribution in [3.05, 3.63) is 52.8 Å². The zero-order valence-corrected chi connectivity index (χ0v) is 13.9. The molecule has 0 radical (unpaired) electrons. The Labute approximate surface area is 134 Å². The lowest BCUT2D eigenvalue weighted by Gasteiger charge is -2.20. The predicted octanol–water partition coefficient (Wildman–Crippen LogP) is 3.62. The molecule has 0 heterocycles. The van der Waals surface area contributed by atoms with Gasteiger partial charge >= 0.3 is 0 Å². The highest BCUT2D eigenvalue weighted by molar-refractivity contribution is 7.92. The average Bonchev–Trinajstić information content (AvgIpc) is 2.49. The molecule has 0 spiro atoms. The maximum atomic E-state index is 13.2. The Bertz CT molecular complexity index is 808. The van der Waals surface area contributed by atoms with Gasteiger partial charge in [0, 0.05) is 7.05 Å². The van der Waals surface area contributed by atoms with Gasteiger partial charge in [-0.15, -0.1) is 0 Å². The third-order valence-corrected chi connectivity index (χ3v) is 5.36. The van der Waals surface area contributed by atoms with Gasteiger partial charge in [0.05, 0.1) is 22.7 Å². The van der Waals surface area contributed by atoms with Gasteiger partial charge < -0.3 is 4.74 Å². The standard InChI is InChI=1S/C15H15ClFNO3S/c1-10-8-12(5-7-15(10)21-3)22(19,20)18(2)11-4-6-14(17)13(16)9-11/h4-9H,1-3H3. The minimum Gasteiger partial charge on any atom is -0.496 e. The molecule has 0 N–H and O–H groups in total. The Morgan fingerprint density at radius 3 is 2.41 bits per heavy atom. The van der Waals surface area contributed by atoms with Gasteiger partial charge in [0.2, 0.25) is 0 Å². The molecule has 7 heteroatoms. The average molecular weight is 344 g/mol. The molecule has 22 heavy (non-hydrogen) atoms. The molecule has 2 aromatic rings. The van der Waals surface area contributed by atoms with Crippen molar-refractivity contribution >= 4 is 27.3 Å². The van der Waals surface area contributed by atoms with Crippen LogP contribution in [0.4, 0.5) is 10.1 Å². The summed E-state index contributed by atoms with van der Waals surface area (Å²) < 4.78 is 44.6. The Morgan fingerprint density at radius 1 is 1.18 bits per heavy atom. The number of halogens is 2. The maximum Gasteiger partial charge on any atom is 0.264 e. The van der Waals surface area contributed by atoms with Crippen molar-refractivity contribution in [1.29, 1.82) is 0 Å². The highest BCUT2D eigenvalue weighted by Gasteiger charge is 2.22. The Hall–Kier alpha value is -1.79. The van der Waals surface area contributed by atoms with Crippen LogP contribution in [-0.4, -0.2) is 22.6 Å². The Balaban J connectivity index is 2.44. The SMILES string of the molecule is COc1ccc(S(=O)(=O)N(C)c2ccc(F)c(Cl)c2)cc1C. The Kier molecular flexibility index (Phi) is 4.63. The molecule has 118 valence electrons. The molecule has 4 nitrogen and oxygen atoms in total. The Morgan fingerprint density at radius 2 is 1.86 bits per heavy atom. The van der Waals surface area contributed by atoms with Crippen molar-refractivity contribution < 1.29 is 17.5 Å². The summed E-state index contributed by atoms with van der Waals surface area (Å²) in [5.41, 5.74) is 0.981. The summed E-state index contributed by atoms with van der Waals surface area (Å²) in [6.45, 7) is 1.76. The molecule has 0 saturated heterocycles. The van der Waals surface area contributed by atoms with E-state index in [9.17, 15) is 12.8 Å². The van der Waals surface area contributed by atoms with E-state index in [0.717, 1.165) is 10.4 Å². The first-order valence-electron chi connectivity index (χ1n) is 6.36. The van der Waals surface area contributed by atoms with Gasteiger partial charge in [0.1, 0.15) is 11.6 Å². The van der Waals surface area contributed by atoms with Crippen LogP contribution in [0.2, 0.25) is 5.02 Å². The first kappa shape index (κ1) is 16.6. The van der Waals surface area contributed by atoms with Crippen LogP contribution < -0.4 is 9.04 Å². The lowest BCUT2D eigenvalue weighted by Crippen LogP contribution is -2.26. The summed E-state index contributed by atoms with van der Waals surface area (Å²) in [5, 5.41) is -0.134. The third-order valence-electron chi connectivity index (χ3n) is 3.29. The second-order valence-electron chi connectivity index (χ2n) is 4.70. The number of sulfonamides is 1. The van der Waals surface area contributed by atoms with E-state index in [2.05, 4.69) is 0 Å². The van der Waals surface area contributed by atoms with Gasteiger partial charge in [-0.25, -0.2) is 12.8 Å².